The first-order valence-corrected chi connectivity index (χ1v) is 3.81. The number of aromatic nitrogens is 1. The Labute approximate surface area is 74.7 Å². The molecular weight excluding hydrogens is 180 g/mol. The van der Waals surface area contributed by atoms with E-state index in [1.165, 1.54) is 6.07 Å². The Morgan fingerprint density at radius 2 is 2.08 bits per heavy atom. The third kappa shape index (κ3) is 2.68. The van der Waals surface area contributed by atoms with Crippen molar-refractivity contribution in [1.82, 2.24) is 5.16 Å². The highest BCUT2D eigenvalue weighted by Crippen LogP contribution is 2.25. The molecule has 0 aliphatic heterocycles. The van der Waals surface area contributed by atoms with E-state index in [1.54, 1.807) is 0 Å². The van der Waals surface area contributed by atoms with Crippen molar-refractivity contribution < 1.29 is 18.0 Å². The minimum atomic E-state index is -2.86. The summed E-state index contributed by atoms with van der Waals surface area (Å²) in [5.74, 6) is 0.336. The molecule has 0 aliphatic carbocycles. The zero-order valence-corrected chi connectivity index (χ0v) is 7.67. The van der Waals surface area contributed by atoms with Crippen LogP contribution in [0.3, 0.4) is 0 Å². The molecule has 0 atom stereocenters. The van der Waals surface area contributed by atoms with Crippen LogP contribution in [0.5, 0.6) is 5.88 Å². The molecule has 13 heavy (non-hydrogen) atoms. The highest BCUT2D eigenvalue weighted by Gasteiger charge is 2.21. The van der Waals surface area contributed by atoms with Gasteiger partial charge in [0.15, 0.2) is 0 Å². The van der Waals surface area contributed by atoms with Gasteiger partial charge in [-0.3, -0.25) is 0 Å². The Morgan fingerprint density at radius 3 is 2.46 bits per heavy atom. The second-order valence-electron chi connectivity index (χ2n) is 3.66. The largest absolute Gasteiger partial charge is 0.414 e. The summed E-state index contributed by atoms with van der Waals surface area (Å²) < 4.78 is 32.3. The first-order valence-electron chi connectivity index (χ1n) is 3.81. The molecule has 0 N–H and O–H groups in total. The predicted octanol–water partition coefficient (Wildman–Crippen LogP) is 2.57. The van der Waals surface area contributed by atoms with Gasteiger partial charge >= 0.3 is 6.61 Å². The average Bonchev–Trinajstić information content (AvgIpc) is 2.32. The van der Waals surface area contributed by atoms with Gasteiger partial charge in [0.25, 0.3) is 5.88 Å². The van der Waals surface area contributed by atoms with E-state index in [2.05, 4.69) is 9.89 Å². The Bertz CT molecular complexity index is 278. The normalized spacial score (nSPS) is 12.2. The molecule has 0 aliphatic rings. The van der Waals surface area contributed by atoms with E-state index in [1.807, 2.05) is 20.8 Å². The molecule has 0 fully saturated rings. The van der Waals surface area contributed by atoms with Gasteiger partial charge < -0.3 is 9.26 Å². The molecule has 1 aromatic rings. The number of ether oxygens (including phenoxy) is 1. The van der Waals surface area contributed by atoms with Crippen molar-refractivity contribution in [3.05, 3.63) is 11.8 Å². The molecule has 0 saturated carbocycles. The number of nitrogens with zero attached hydrogens (tertiary/aromatic N) is 1. The zero-order chi connectivity index (χ0) is 10.1. The van der Waals surface area contributed by atoms with E-state index >= 15 is 0 Å². The molecule has 0 unspecified atom stereocenters. The van der Waals surface area contributed by atoms with E-state index in [0.29, 0.717) is 5.76 Å². The molecule has 5 heteroatoms. The smallest absolute Gasteiger partial charge is 0.388 e. The van der Waals surface area contributed by atoms with Gasteiger partial charge in [-0.05, 0) is 5.16 Å². The van der Waals surface area contributed by atoms with E-state index in [4.69, 9.17) is 4.52 Å². The lowest BCUT2D eigenvalue weighted by molar-refractivity contribution is -0.0545. The maximum atomic E-state index is 11.7. The van der Waals surface area contributed by atoms with Crippen molar-refractivity contribution in [2.24, 2.45) is 0 Å². The fraction of sp³-hybridized carbons (Fsp3) is 0.625. The first kappa shape index (κ1) is 9.95. The summed E-state index contributed by atoms with van der Waals surface area (Å²) in [4.78, 5) is 0. The first-order chi connectivity index (χ1) is 5.89. The lowest BCUT2D eigenvalue weighted by Crippen LogP contribution is -2.09. The number of alkyl halides is 2. The molecule has 0 saturated heterocycles. The van der Waals surface area contributed by atoms with Crippen LogP contribution in [-0.4, -0.2) is 11.8 Å². The van der Waals surface area contributed by atoms with Crippen LogP contribution < -0.4 is 4.74 Å². The van der Waals surface area contributed by atoms with Gasteiger partial charge in [-0.2, -0.15) is 8.78 Å². The van der Waals surface area contributed by atoms with Crippen molar-refractivity contribution in [2.75, 3.05) is 0 Å². The summed E-state index contributed by atoms with van der Waals surface area (Å²) in [7, 11) is 0. The third-order valence-electron chi connectivity index (χ3n) is 1.44. The van der Waals surface area contributed by atoms with Crippen molar-refractivity contribution in [3.8, 4) is 5.88 Å². The van der Waals surface area contributed by atoms with Crippen molar-refractivity contribution in [1.29, 1.82) is 0 Å². The van der Waals surface area contributed by atoms with Gasteiger partial charge in [0.1, 0.15) is 5.76 Å². The SMILES string of the molecule is CC(C)(C)c1cc(OC(F)F)no1. The van der Waals surface area contributed by atoms with Crippen LogP contribution in [0.4, 0.5) is 8.78 Å². The van der Waals surface area contributed by atoms with E-state index in [-0.39, 0.29) is 11.3 Å². The standard InChI is InChI=1S/C8H11F2NO2/c1-8(2,3)5-4-6(11-13-5)12-7(9)10/h4,7H,1-3H3. The van der Waals surface area contributed by atoms with Crippen LogP contribution >= 0.6 is 0 Å². The summed E-state index contributed by atoms with van der Waals surface area (Å²) in [6, 6.07) is 1.37. The van der Waals surface area contributed by atoms with Gasteiger partial charge in [0.2, 0.25) is 0 Å². The van der Waals surface area contributed by atoms with Crippen LogP contribution in [-0.2, 0) is 5.41 Å². The number of hydrogen-bond donors (Lipinski definition) is 0. The molecule has 0 bridgehead atoms. The number of hydrogen-bond acceptors (Lipinski definition) is 3. The van der Waals surface area contributed by atoms with Gasteiger partial charge in [0.05, 0.1) is 0 Å². The fourth-order valence-corrected chi connectivity index (χ4v) is 0.759. The molecule has 3 nitrogen and oxygen atoms in total. The van der Waals surface area contributed by atoms with Gasteiger partial charge in [-0.15, -0.1) is 0 Å². The monoisotopic (exact) mass is 191 g/mol. The van der Waals surface area contributed by atoms with Gasteiger partial charge in [-0.25, -0.2) is 0 Å². The average molecular weight is 191 g/mol. The maximum absolute atomic E-state index is 11.7. The van der Waals surface area contributed by atoms with Crippen LogP contribution in [0.25, 0.3) is 0 Å². The summed E-state index contributed by atoms with van der Waals surface area (Å²) in [6.45, 7) is 2.80. The molecule has 0 spiro atoms. The second-order valence-corrected chi connectivity index (χ2v) is 3.66. The Balaban J connectivity index is 2.75. The third-order valence-corrected chi connectivity index (χ3v) is 1.44. The topological polar surface area (TPSA) is 35.3 Å². The number of rotatable bonds is 2. The molecule has 1 aromatic heterocycles. The van der Waals surface area contributed by atoms with Crippen LogP contribution in [0, 0.1) is 0 Å². The van der Waals surface area contributed by atoms with Gasteiger partial charge in [-0.1, -0.05) is 20.8 Å². The maximum Gasteiger partial charge on any atom is 0.388 e. The Hall–Kier alpha value is -1.13. The predicted molar refractivity (Wildman–Crippen MR) is 41.8 cm³/mol. The molecule has 0 amide bonds. The van der Waals surface area contributed by atoms with Crippen LogP contribution in [0.2, 0.25) is 0 Å². The minimum absolute atomic E-state index is 0.181. The summed E-state index contributed by atoms with van der Waals surface area (Å²) >= 11 is 0. The van der Waals surface area contributed by atoms with E-state index < -0.39 is 6.61 Å². The lowest BCUT2D eigenvalue weighted by Gasteiger charge is -2.11. The molecule has 1 rings (SSSR count). The Kier molecular flexibility index (Phi) is 2.54. The molecular formula is C8H11F2NO2. The molecule has 74 valence electrons. The highest BCUT2D eigenvalue weighted by atomic mass is 19.3. The quantitative estimate of drug-likeness (QED) is 0.720. The molecule has 1 heterocycles. The van der Waals surface area contributed by atoms with Crippen molar-refractivity contribution in [2.45, 2.75) is 32.8 Å². The Morgan fingerprint density at radius 1 is 1.46 bits per heavy atom. The van der Waals surface area contributed by atoms with E-state index in [9.17, 15) is 8.78 Å². The zero-order valence-electron chi connectivity index (χ0n) is 7.67. The highest BCUT2D eigenvalue weighted by molar-refractivity contribution is 5.16. The summed E-state index contributed by atoms with van der Waals surface area (Å²) in [5.41, 5.74) is -0.253. The number of halogens is 2. The van der Waals surface area contributed by atoms with Crippen LogP contribution in [0.15, 0.2) is 10.6 Å². The molecule has 0 aromatic carbocycles. The molecule has 0 radical (unpaired) electrons. The fourth-order valence-electron chi connectivity index (χ4n) is 0.759. The second kappa shape index (κ2) is 3.32. The summed E-state index contributed by atoms with van der Waals surface area (Å²) in [5, 5.41) is 3.35. The van der Waals surface area contributed by atoms with Crippen molar-refractivity contribution >= 4 is 0 Å². The van der Waals surface area contributed by atoms with Crippen molar-refractivity contribution in [3.63, 3.8) is 0 Å². The summed E-state index contributed by atoms with van der Waals surface area (Å²) in [6.07, 6.45) is 0. The minimum Gasteiger partial charge on any atom is -0.414 e. The van der Waals surface area contributed by atoms with Crippen LogP contribution in [0.1, 0.15) is 26.5 Å². The lowest BCUT2D eigenvalue weighted by atomic mass is 9.94. The van der Waals surface area contributed by atoms with Gasteiger partial charge in [0, 0.05) is 11.5 Å². The van der Waals surface area contributed by atoms with E-state index in [0.717, 1.165) is 0 Å².